The second-order valence-corrected chi connectivity index (χ2v) is 9.13. The molecule has 1 aliphatic rings. The Hall–Kier alpha value is -2.23. The lowest BCUT2D eigenvalue weighted by Crippen LogP contribution is -2.43. The molecule has 1 aliphatic heterocycles. The Balaban J connectivity index is 2.00. The van der Waals surface area contributed by atoms with Crippen molar-refractivity contribution in [1.82, 2.24) is 9.21 Å². The first kappa shape index (κ1) is 20.5. The van der Waals surface area contributed by atoms with Gasteiger partial charge in [0.25, 0.3) is 0 Å². The second kappa shape index (κ2) is 8.02. The first-order valence-electron chi connectivity index (χ1n) is 9.00. The fourth-order valence-electron chi connectivity index (χ4n) is 3.47. The predicted molar refractivity (Wildman–Crippen MR) is 103 cm³/mol. The molecule has 0 spiro atoms. The smallest absolute Gasteiger partial charge is 0.336 e. The van der Waals surface area contributed by atoms with E-state index >= 15 is 0 Å². The van der Waals surface area contributed by atoms with E-state index in [1.807, 2.05) is 19.0 Å². The Morgan fingerprint density at radius 3 is 2.61 bits per heavy atom. The Labute approximate surface area is 163 Å². The molecule has 0 saturated carbocycles. The third kappa shape index (κ3) is 4.11. The van der Waals surface area contributed by atoms with Gasteiger partial charge in [0.2, 0.25) is 10.0 Å². The summed E-state index contributed by atoms with van der Waals surface area (Å²) < 4.78 is 38.0. The molecule has 2 atom stereocenters. The number of esters is 1. The molecular formula is C19H24N2O6S. The summed E-state index contributed by atoms with van der Waals surface area (Å²) >= 11 is 0. The molecule has 0 radical (unpaired) electrons. The van der Waals surface area contributed by atoms with Gasteiger partial charge in [-0.25, -0.2) is 13.2 Å². The van der Waals surface area contributed by atoms with E-state index in [0.29, 0.717) is 23.8 Å². The van der Waals surface area contributed by atoms with E-state index in [2.05, 4.69) is 0 Å². The summed E-state index contributed by atoms with van der Waals surface area (Å²) in [5.41, 5.74) is -0.175. The maximum Gasteiger partial charge on any atom is 0.336 e. The number of hydrogen-bond acceptors (Lipinski definition) is 7. The number of ether oxygens (including phenoxy) is 1. The zero-order chi connectivity index (χ0) is 20.5. The highest BCUT2D eigenvalue weighted by molar-refractivity contribution is 7.89. The SMILES string of the molecule is COC(=O)[C@H]1CC[C@@H](N(C)C)CN(S(=O)(=O)c2ccc3oc(=O)ccc3c2)C1. The largest absolute Gasteiger partial charge is 0.469 e. The third-order valence-electron chi connectivity index (χ3n) is 5.18. The number of sulfonamides is 1. The molecule has 1 aromatic carbocycles. The fraction of sp³-hybridized carbons (Fsp3) is 0.474. The molecule has 28 heavy (non-hydrogen) atoms. The number of rotatable bonds is 4. The summed E-state index contributed by atoms with van der Waals surface area (Å²) in [4.78, 5) is 25.5. The van der Waals surface area contributed by atoms with Crippen molar-refractivity contribution < 1.29 is 22.4 Å². The molecule has 0 aliphatic carbocycles. The average molecular weight is 408 g/mol. The minimum absolute atomic E-state index is 0.0112. The number of benzene rings is 1. The van der Waals surface area contributed by atoms with Gasteiger partial charge in [-0.15, -0.1) is 0 Å². The monoisotopic (exact) mass is 408 g/mol. The van der Waals surface area contributed by atoms with Gasteiger partial charge in [-0.05, 0) is 51.2 Å². The molecule has 0 N–H and O–H groups in total. The quantitative estimate of drug-likeness (QED) is 0.556. The summed E-state index contributed by atoms with van der Waals surface area (Å²) in [5, 5.41) is 0.518. The molecule has 2 heterocycles. The Kier molecular flexibility index (Phi) is 5.87. The van der Waals surface area contributed by atoms with Crippen LogP contribution >= 0.6 is 0 Å². The van der Waals surface area contributed by atoms with Gasteiger partial charge >= 0.3 is 11.6 Å². The van der Waals surface area contributed by atoms with E-state index in [-0.39, 0.29) is 24.0 Å². The molecule has 8 nitrogen and oxygen atoms in total. The first-order valence-corrected chi connectivity index (χ1v) is 10.4. The van der Waals surface area contributed by atoms with Crippen LogP contribution in [0, 0.1) is 5.92 Å². The van der Waals surface area contributed by atoms with Gasteiger partial charge in [-0.2, -0.15) is 4.31 Å². The third-order valence-corrected chi connectivity index (χ3v) is 7.01. The average Bonchev–Trinajstić information content (AvgIpc) is 2.91. The fourth-order valence-corrected chi connectivity index (χ4v) is 5.03. The molecule has 3 rings (SSSR count). The van der Waals surface area contributed by atoms with Gasteiger partial charge in [0, 0.05) is 30.6 Å². The predicted octanol–water partition coefficient (Wildman–Crippen LogP) is 1.30. The van der Waals surface area contributed by atoms with Gasteiger partial charge in [0.15, 0.2) is 0 Å². The first-order chi connectivity index (χ1) is 13.2. The molecule has 152 valence electrons. The zero-order valence-electron chi connectivity index (χ0n) is 16.1. The lowest BCUT2D eigenvalue weighted by Gasteiger charge is -2.28. The van der Waals surface area contributed by atoms with Crippen LogP contribution in [0.2, 0.25) is 0 Å². The van der Waals surface area contributed by atoms with Crippen LogP contribution in [0.3, 0.4) is 0 Å². The maximum absolute atomic E-state index is 13.3. The summed E-state index contributed by atoms with van der Waals surface area (Å²) in [6.45, 7) is 0.353. The van der Waals surface area contributed by atoms with Crippen LogP contribution in [0.25, 0.3) is 11.0 Å². The van der Waals surface area contributed by atoms with Crippen LogP contribution in [0.1, 0.15) is 12.8 Å². The minimum atomic E-state index is -3.85. The number of likely N-dealkylation sites (N-methyl/N-ethyl adjacent to an activating group) is 1. The number of nitrogens with zero attached hydrogens (tertiary/aromatic N) is 2. The van der Waals surface area contributed by atoms with Crippen LogP contribution in [-0.2, 0) is 19.6 Å². The van der Waals surface area contributed by atoms with Gasteiger partial charge < -0.3 is 14.1 Å². The maximum atomic E-state index is 13.3. The molecule has 1 aromatic heterocycles. The van der Waals surface area contributed by atoms with Crippen molar-refractivity contribution in [2.45, 2.75) is 23.8 Å². The Morgan fingerprint density at radius 2 is 1.93 bits per heavy atom. The standard InChI is InChI=1S/C19H24N2O6S/c1-20(2)15-6-4-14(19(23)26-3)11-21(12-15)28(24,25)16-7-8-17-13(10-16)5-9-18(22)27-17/h5,7-10,14-15H,4,6,11-12H2,1-3H3/t14-,15+/m0/s1. The molecular weight excluding hydrogens is 384 g/mol. The van der Waals surface area contributed by atoms with E-state index in [1.165, 1.54) is 41.7 Å². The van der Waals surface area contributed by atoms with Crippen molar-refractivity contribution in [2.75, 3.05) is 34.3 Å². The van der Waals surface area contributed by atoms with Gasteiger partial charge in [-0.1, -0.05) is 0 Å². The molecule has 1 saturated heterocycles. The summed E-state index contributed by atoms with van der Waals surface area (Å²) in [7, 11) is 1.25. The van der Waals surface area contributed by atoms with Crippen molar-refractivity contribution in [1.29, 1.82) is 0 Å². The van der Waals surface area contributed by atoms with Crippen LogP contribution in [-0.4, -0.2) is 63.9 Å². The van der Waals surface area contributed by atoms with Gasteiger partial charge in [0.05, 0.1) is 17.9 Å². The van der Waals surface area contributed by atoms with E-state index in [1.54, 1.807) is 0 Å². The number of hydrogen-bond donors (Lipinski definition) is 0. The van der Waals surface area contributed by atoms with Gasteiger partial charge in [0.1, 0.15) is 5.58 Å². The number of methoxy groups -OCH3 is 1. The summed E-state index contributed by atoms with van der Waals surface area (Å²) in [6, 6.07) is 7.15. The van der Waals surface area contributed by atoms with Crippen molar-refractivity contribution in [3.05, 3.63) is 40.8 Å². The van der Waals surface area contributed by atoms with Crippen molar-refractivity contribution in [3.8, 4) is 0 Å². The van der Waals surface area contributed by atoms with Gasteiger partial charge in [-0.3, -0.25) is 4.79 Å². The molecule has 0 amide bonds. The van der Waals surface area contributed by atoms with E-state index in [9.17, 15) is 18.0 Å². The molecule has 0 bridgehead atoms. The highest BCUT2D eigenvalue weighted by Gasteiger charge is 2.36. The highest BCUT2D eigenvalue weighted by atomic mass is 32.2. The van der Waals surface area contributed by atoms with Crippen molar-refractivity contribution in [3.63, 3.8) is 0 Å². The highest BCUT2D eigenvalue weighted by Crippen LogP contribution is 2.27. The Morgan fingerprint density at radius 1 is 1.18 bits per heavy atom. The van der Waals surface area contributed by atoms with Crippen molar-refractivity contribution in [2.24, 2.45) is 5.92 Å². The van der Waals surface area contributed by atoms with Crippen LogP contribution < -0.4 is 5.63 Å². The normalized spacial score (nSPS) is 21.6. The molecule has 2 aromatic rings. The van der Waals surface area contributed by atoms with Crippen molar-refractivity contribution >= 4 is 27.0 Å². The summed E-state index contributed by atoms with van der Waals surface area (Å²) in [5.74, 6) is -0.914. The van der Waals surface area contributed by atoms with Crippen LogP contribution in [0.15, 0.2) is 44.4 Å². The minimum Gasteiger partial charge on any atom is -0.469 e. The van der Waals surface area contributed by atoms with E-state index in [0.717, 1.165) is 0 Å². The zero-order valence-corrected chi connectivity index (χ0v) is 16.9. The molecule has 1 fully saturated rings. The van der Waals surface area contributed by atoms with E-state index < -0.39 is 27.5 Å². The lowest BCUT2D eigenvalue weighted by molar-refractivity contribution is -0.145. The molecule has 0 unspecified atom stereocenters. The molecule has 9 heteroatoms. The second-order valence-electron chi connectivity index (χ2n) is 7.19. The topological polar surface area (TPSA) is 97.1 Å². The lowest BCUT2D eigenvalue weighted by atomic mass is 10.0. The number of fused-ring (bicyclic) bond motifs is 1. The number of carbonyl (C=O) groups excluding carboxylic acids is 1. The number of carbonyl (C=O) groups is 1. The van der Waals surface area contributed by atoms with Crippen LogP contribution in [0.4, 0.5) is 0 Å². The van der Waals surface area contributed by atoms with E-state index in [4.69, 9.17) is 9.15 Å². The Bertz CT molecular complexity index is 1030. The summed E-state index contributed by atoms with van der Waals surface area (Å²) in [6.07, 6.45) is 1.26. The van der Waals surface area contributed by atoms with Crippen LogP contribution in [0.5, 0.6) is 0 Å².